The average Bonchev–Trinajstić information content (AvgIpc) is 2.46. The van der Waals surface area contributed by atoms with Crippen LogP contribution >= 0.6 is 27.5 Å². The number of benzene rings is 2. The first-order chi connectivity index (χ1) is 9.59. The fraction of sp³-hybridized carbons (Fsp3) is 0.250. The van der Waals surface area contributed by atoms with Crippen LogP contribution in [0.5, 0.6) is 0 Å². The number of aliphatic hydroxyl groups excluding tert-OH is 1. The average molecular weight is 358 g/mol. The summed E-state index contributed by atoms with van der Waals surface area (Å²) in [7, 11) is 0. The molecule has 0 amide bonds. The molecule has 0 aromatic heterocycles. The van der Waals surface area contributed by atoms with Gasteiger partial charge in [-0.25, -0.2) is 4.39 Å². The Kier molecular flexibility index (Phi) is 5.58. The lowest BCUT2D eigenvalue weighted by Crippen LogP contribution is -2.02. The van der Waals surface area contributed by atoms with E-state index in [1.54, 1.807) is 12.1 Å². The van der Waals surface area contributed by atoms with Gasteiger partial charge in [0.15, 0.2) is 0 Å². The normalized spacial score (nSPS) is 12.4. The summed E-state index contributed by atoms with van der Waals surface area (Å²) >= 11 is 8.98. The first kappa shape index (κ1) is 15.5. The summed E-state index contributed by atoms with van der Waals surface area (Å²) in [4.78, 5) is 0. The minimum Gasteiger partial charge on any atom is -0.388 e. The van der Waals surface area contributed by atoms with Crippen molar-refractivity contribution in [2.45, 2.75) is 25.4 Å². The molecule has 1 nitrogen and oxygen atoms in total. The van der Waals surface area contributed by atoms with E-state index in [1.165, 1.54) is 5.56 Å². The lowest BCUT2D eigenvalue weighted by molar-refractivity contribution is 0.160. The van der Waals surface area contributed by atoms with Crippen molar-refractivity contribution >= 4 is 27.5 Å². The Labute approximate surface area is 131 Å². The van der Waals surface area contributed by atoms with Crippen LogP contribution in [0.1, 0.15) is 30.1 Å². The van der Waals surface area contributed by atoms with E-state index in [-0.39, 0.29) is 10.6 Å². The Morgan fingerprint density at radius 1 is 1.15 bits per heavy atom. The molecule has 0 bridgehead atoms. The summed E-state index contributed by atoms with van der Waals surface area (Å²) in [5, 5.41) is 10.1. The largest absolute Gasteiger partial charge is 0.388 e. The zero-order valence-corrected chi connectivity index (χ0v) is 13.2. The maximum absolute atomic E-state index is 13.9. The molecular formula is C16H15BrClFO. The maximum Gasteiger partial charge on any atom is 0.148 e. The van der Waals surface area contributed by atoms with Gasteiger partial charge in [0.2, 0.25) is 0 Å². The summed E-state index contributed by atoms with van der Waals surface area (Å²) in [6.07, 6.45) is 1.33. The van der Waals surface area contributed by atoms with Crippen LogP contribution in [0.2, 0.25) is 5.02 Å². The molecule has 1 N–H and O–H groups in total. The van der Waals surface area contributed by atoms with Gasteiger partial charge in [-0.05, 0) is 46.8 Å². The highest BCUT2D eigenvalue weighted by Gasteiger charge is 2.16. The lowest BCUT2D eigenvalue weighted by atomic mass is 10.0. The second kappa shape index (κ2) is 7.21. The molecule has 1 atom stereocenters. The van der Waals surface area contributed by atoms with Gasteiger partial charge in [0.1, 0.15) is 5.82 Å². The van der Waals surface area contributed by atoms with Gasteiger partial charge < -0.3 is 5.11 Å². The van der Waals surface area contributed by atoms with E-state index >= 15 is 0 Å². The minimum atomic E-state index is -0.829. The second-order valence-corrected chi connectivity index (χ2v) is 5.89. The Hall–Kier alpha value is -0.900. The van der Waals surface area contributed by atoms with Gasteiger partial charge in [0.05, 0.1) is 11.1 Å². The van der Waals surface area contributed by atoms with E-state index in [4.69, 9.17) is 11.6 Å². The van der Waals surface area contributed by atoms with Gasteiger partial charge in [-0.15, -0.1) is 0 Å². The highest BCUT2D eigenvalue weighted by Crippen LogP contribution is 2.31. The Bertz CT molecular complexity index is 574. The molecule has 2 rings (SSSR count). The summed E-state index contributed by atoms with van der Waals surface area (Å²) in [5.74, 6) is -0.548. The third-order valence-corrected chi connectivity index (χ3v) is 4.47. The van der Waals surface area contributed by atoms with Gasteiger partial charge in [-0.1, -0.05) is 48.0 Å². The molecule has 2 aromatic carbocycles. The van der Waals surface area contributed by atoms with E-state index in [1.807, 2.05) is 30.3 Å². The number of rotatable bonds is 5. The van der Waals surface area contributed by atoms with Gasteiger partial charge in [-0.3, -0.25) is 0 Å². The molecule has 0 aliphatic heterocycles. The lowest BCUT2D eigenvalue weighted by Gasteiger charge is -2.13. The van der Waals surface area contributed by atoms with Crippen molar-refractivity contribution in [1.82, 2.24) is 0 Å². The first-order valence-corrected chi connectivity index (χ1v) is 7.62. The molecule has 4 heteroatoms. The molecule has 2 aromatic rings. The second-order valence-electron chi connectivity index (χ2n) is 4.66. The molecule has 0 radical (unpaired) electrons. The number of halogens is 3. The van der Waals surface area contributed by atoms with Gasteiger partial charge in [0.25, 0.3) is 0 Å². The van der Waals surface area contributed by atoms with Gasteiger partial charge in [-0.2, -0.15) is 0 Å². The number of hydrogen-bond acceptors (Lipinski definition) is 1. The van der Waals surface area contributed by atoms with Crippen LogP contribution in [0.15, 0.2) is 46.9 Å². The number of aliphatic hydroxyl groups is 1. The quantitative estimate of drug-likeness (QED) is 0.720. The van der Waals surface area contributed by atoms with Gasteiger partial charge in [0, 0.05) is 10.0 Å². The van der Waals surface area contributed by atoms with Crippen LogP contribution in [-0.2, 0) is 6.42 Å². The molecule has 0 saturated carbocycles. The van der Waals surface area contributed by atoms with E-state index in [2.05, 4.69) is 15.9 Å². The highest BCUT2D eigenvalue weighted by molar-refractivity contribution is 9.10. The Balaban J connectivity index is 1.95. The maximum atomic E-state index is 13.9. The van der Waals surface area contributed by atoms with Crippen molar-refractivity contribution in [1.29, 1.82) is 0 Å². The fourth-order valence-corrected chi connectivity index (χ4v) is 2.58. The summed E-state index contributed by atoms with van der Waals surface area (Å²) in [6.45, 7) is 0. The standard InChI is InChI=1S/C16H15BrClFO/c17-13-10-9-12(16(19)15(13)18)14(20)8-4-7-11-5-2-1-3-6-11/h1-3,5-6,9-10,14,20H,4,7-8H2. The van der Waals surface area contributed by atoms with Crippen molar-refractivity contribution in [2.24, 2.45) is 0 Å². The predicted octanol–water partition coefficient (Wildman–Crippen LogP) is 5.30. The van der Waals surface area contributed by atoms with E-state index in [0.717, 1.165) is 12.8 Å². The van der Waals surface area contributed by atoms with E-state index in [9.17, 15) is 9.50 Å². The SMILES string of the molecule is OC(CCCc1ccccc1)c1ccc(Br)c(Cl)c1F. The summed E-state index contributed by atoms with van der Waals surface area (Å²) in [6, 6.07) is 13.3. The van der Waals surface area contributed by atoms with Gasteiger partial charge >= 0.3 is 0 Å². The van der Waals surface area contributed by atoms with Crippen LogP contribution in [0, 0.1) is 5.82 Å². The Morgan fingerprint density at radius 2 is 1.85 bits per heavy atom. The molecule has 0 heterocycles. The third-order valence-electron chi connectivity index (χ3n) is 3.21. The van der Waals surface area contributed by atoms with Crippen molar-refractivity contribution in [2.75, 3.05) is 0 Å². The van der Waals surface area contributed by atoms with E-state index < -0.39 is 11.9 Å². The summed E-state index contributed by atoms with van der Waals surface area (Å²) < 4.78 is 14.4. The first-order valence-electron chi connectivity index (χ1n) is 6.45. The molecule has 20 heavy (non-hydrogen) atoms. The molecule has 0 fully saturated rings. The zero-order chi connectivity index (χ0) is 14.5. The number of hydrogen-bond donors (Lipinski definition) is 1. The highest BCUT2D eigenvalue weighted by atomic mass is 79.9. The van der Waals surface area contributed by atoms with Crippen LogP contribution in [0.25, 0.3) is 0 Å². The summed E-state index contributed by atoms with van der Waals surface area (Å²) in [5.41, 5.74) is 1.47. The van der Waals surface area contributed by atoms with Crippen molar-refractivity contribution in [3.8, 4) is 0 Å². The monoisotopic (exact) mass is 356 g/mol. The zero-order valence-electron chi connectivity index (χ0n) is 10.8. The van der Waals surface area contributed by atoms with Crippen LogP contribution < -0.4 is 0 Å². The molecule has 0 saturated heterocycles. The fourth-order valence-electron chi connectivity index (χ4n) is 2.10. The number of aryl methyl sites for hydroxylation is 1. The van der Waals surface area contributed by atoms with Crippen LogP contribution in [0.3, 0.4) is 0 Å². The molecular weight excluding hydrogens is 343 g/mol. The Morgan fingerprint density at radius 3 is 2.55 bits per heavy atom. The predicted molar refractivity (Wildman–Crippen MR) is 83.4 cm³/mol. The van der Waals surface area contributed by atoms with Crippen molar-refractivity contribution < 1.29 is 9.50 Å². The molecule has 0 spiro atoms. The van der Waals surface area contributed by atoms with Crippen molar-refractivity contribution in [3.05, 3.63) is 68.9 Å². The molecule has 1 unspecified atom stereocenters. The smallest absolute Gasteiger partial charge is 0.148 e. The van der Waals surface area contributed by atoms with E-state index in [0.29, 0.717) is 10.9 Å². The van der Waals surface area contributed by atoms with Crippen LogP contribution in [-0.4, -0.2) is 5.11 Å². The molecule has 106 valence electrons. The third kappa shape index (κ3) is 3.81. The van der Waals surface area contributed by atoms with Crippen LogP contribution in [0.4, 0.5) is 4.39 Å². The van der Waals surface area contributed by atoms with Crippen molar-refractivity contribution in [3.63, 3.8) is 0 Å². The molecule has 0 aliphatic rings. The topological polar surface area (TPSA) is 20.2 Å². The minimum absolute atomic E-state index is 0.0182. The molecule has 0 aliphatic carbocycles.